The second-order valence-electron chi connectivity index (χ2n) is 5.90. The topological polar surface area (TPSA) is 85.4 Å². The van der Waals surface area contributed by atoms with Gasteiger partial charge >= 0.3 is 0 Å². The van der Waals surface area contributed by atoms with Gasteiger partial charge in [-0.15, -0.1) is 0 Å². The van der Waals surface area contributed by atoms with Crippen LogP contribution in [0.4, 0.5) is 0 Å². The number of nitrogens with one attached hydrogen (secondary N) is 1. The number of aromatic nitrogens is 3. The molecule has 0 unspecified atom stereocenters. The monoisotopic (exact) mass is 306 g/mol. The molecular formula is C14H22N6O2. The van der Waals surface area contributed by atoms with Crippen LogP contribution in [0.1, 0.15) is 25.6 Å². The van der Waals surface area contributed by atoms with Crippen LogP contribution >= 0.6 is 0 Å². The number of nitrogens with zero attached hydrogens (tertiary/aromatic N) is 5. The number of hydrogen-bond donors (Lipinski definition) is 1. The van der Waals surface area contributed by atoms with Crippen LogP contribution in [0, 0.1) is 0 Å². The summed E-state index contributed by atoms with van der Waals surface area (Å²) in [7, 11) is 0. The van der Waals surface area contributed by atoms with Gasteiger partial charge in [-0.3, -0.25) is 19.6 Å². The van der Waals surface area contributed by atoms with Crippen molar-refractivity contribution in [1.29, 1.82) is 0 Å². The van der Waals surface area contributed by atoms with Crippen molar-refractivity contribution in [2.45, 2.75) is 32.4 Å². The Morgan fingerprint density at radius 3 is 2.68 bits per heavy atom. The highest BCUT2D eigenvalue weighted by Crippen LogP contribution is 2.16. The van der Waals surface area contributed by atoms with Crippen LogP contribution in [0.5, 0.6) is 0 Å². The lowest BCUT2D eigenvalue weighted by molar-refractivity contribution is -0.144. The highest BCUT2D eigenvalue weighted by molar-refractivity contribution is 5.88. The third-order valence-corrected chi connectivity index (χ3v) is 4.46. The van der Waals surface area contributed by atoms with Crippen molar-refractivity contribution in [2.75, 3.05) is 32.7 Å². The van der Waals surface area contributed by atoms with E-state index in [1.807, 2.05) is 11.8 Å². The summed E-state index contributed by atoms with van der Waals surface area (Å²) in [6.07, 6.45) is 2.94. The van der Waals surface area contributed by atoms with Crippen molar-refractivity contribution in [2.24, 2.45) is 0 Å². The Balaban J connectivity index is 1.50. The number of aromatic amines is 1. The number of H-pyrrole nitrogens is 1. The van der Waals surface area contributed by atoms with Crippen LogP contribution in [0.15, 0.2) is 6.33 Å². The summed E-state index contributed by atoms with van der Waals surface area (Å²) in [6, 6.07) is -0.337. The van der Waals surface area contributed by atoms with Gasteiger partial charge in [0.25, 0.3) is 0 Å². The summed E-state index contributed by atoms with van der Waals surface area (Å²) in [4.78, 5) is 34.2. The third-order valence-electron chi connectivity index (χ3n) is 4.46. The largest absolute Gasteiger partial charge is 0.338 e. The summed E-state index contributed by atoms with van der Waals surface area (Å²) in [6.45, 7) is 6.28. The minimum Gasteiger partial charge on any atom is -0.338 e. The third kappa shape index (κ3) is 3.11. The number of amides is 2. The minimum absolute atomic E-state index is 0.0644. The predicted octanol–water partition coefficient (Wildman–Crippen LogP) is -0.540. The van der Waals surface area contributed by atoms with Gasteiger partial charge in [-0.1, -0.05) is 0 Å². The number of carbonyl (C=O) groups excluding carboxylic acids is 2. The van der Waals surface area contributed by atoms with E-state index in [0.29, 0.717) is 26.1 Å². The van der Waals surface area contributed by atoms with Crippen LogP contribution in [0.25, 0.3) is 0 Å². The van der Waals surface area contributed by atoms with E-state index in [2.05, 4.69) is 20.1 Å². The molecule has 2 aliphatic rings. The van der Waals surface area contributed by atoms with Crippen molar-refractivity contribution in [3.8, 4) is 0 Å². The number of piperazine rings is 1. The summed E-state index contributed by atoms with van der Waals surface area (Å²) in [5.41, 5.74) is 0. The van der Waals surface area contributed by atoms with Gasteiger partial charge in [0.05, 0.1) is 6.54 Å². The SMILES string of the molecule is C[C@H](C(=O)N1CCN(Cc2ncn[nH]2)CC1)N1CCCC1=O. The van der Waals surface area contributed by atoms with Crippen molar-refractivity contribution in [3.05, 3.63) is 12.2 Å². The lowest BCUT2D eigenvalue weighted by Crippen LogP contribution is -2.54. The van der Waals surface area contributed by atoms with E-state index in [0.717, 1.165) is 31.9 Å². The second-order valence-corrected chi connectivity index (χ2v) is 5.90. The molecule has 1 aromatic heterocycles. The number of likely N-dealkylation sites (tertiary alicyclic amines) is 1. The fourth-order valence-electron chi connectivity index (χ4n) is 3.12. The van der Waals surface area contributed by atoms with Gasteiger partial charge in [0, 0.05) is 39.1 Å². The molecule has 120 valence electrons. The number of hydrogen-bond acceptors (Lipinski definition) is 5. The minimum atomic E-state index is -0.337. The second kappa shape index (κ2) is 6.43. The molecule has 0 radical (unpaired) electrons. The quantitative estimate of drug-likeness (QED) is 0.807. The number of carbonyl (C=O) groups is 2. The molecule has 8 nitrogen and oxygen atoms in total. The average Bonchev–Trinajstić information content (AvgIpc) is 3.18. The molecule has 3 heterocycles. The standard InChI is InChI=1S/C14H22N6O2/c1-11(20-4-2-3-13(20)21)14(22)19-7-5-18(6-8-19)9-12-15-10-16-17-12/h10-11H,2-9H2,1H3,(H,15,16,17)/t11-/m1/s1. The van der Waals surface area contributed by atoms with E-state index in [-0.39, 0.29) is 17.9 Å². The summed E-state index contributed by atoms with van der Waals surface area (Å²) in [5.74, 6) is 1.01. The molecule has 2 fully saturated rings. The average molecular weight is 306 g/mol. The van der Waals surface area contributed by atoms with Crippen LogP contribution in [-0.4, -0.2) is 80.5 Å². The first kappa shape index (κ1) is 15.0. The van der Waals surface area contributed by atoms with Crippen molar-refractivity contribution >= 4 is 11.8 Å². The van der Waals surface area contributed by atoms with Gasteiger partial charge in [0.1, 0.15) is 18.2 Å². The molecule has 8 heteroatoms. The predicted molar refractivity (Wildman–Crippen MR) is 78.6 cm³/mol. The molecule has 0 bridgehead atoms. The van der Waals surface area contributed by atoms with Crippen LogP contribution in [-0.2, 0) is 16.1 Å². The fraction of sp³-hybridized carbons (Fsp3) is 0.714. The van der Waals surface area contributed by atoms with Crippen LogP contribution in [0.3, 0.4) is 0 Å². The van der Waals surface area contributed by atoms with E-state index in [9.17, 15) is 9.59 Å². The summed E-state index contributed by atoms with van der Waals surface area (Å²) >= 11 is 0. The van der Waals surface area contributed by atoms with E-state index in [1.54, 1.807) is 4.90 Å². The Hall–Kier alpha value is -1.96. The number of rotatable bonds is 4. The first-order valence-corrected chi connectivity index (χ1v) is 7.80. The van der Waals surface area contributed by atoms with Crippen LogP contribution in [0.2, 0.25) is 0 Å². The Kier molecular flexibility index (Phi) is 4.37. The highest BCUT2D eigenvalue weighted by atomic mass is 16.2. The molecule has 2 aliphatic heterocycles. The summed E-state index contributed by atoms with van der Waals surface area (Å²) in [5, 5.41) is 6.69. The molecule has 0 aliphatic carbocycles. The van der Waals surface area contributed by atoms with Gasteiger partial charge in [0.15, 0.2) is 0 Å². The fourth-order valence-corrected chi connectivity index (χ4v) is 3.12. The summed E-state index contributed by atoms with van der Waals surface area (Å²) < 4.78 is 0. The Morgan fingerprint density at radius 1 is 1.32 bits per heavy atom. The molecule has 0 spiro atoms. The molecular weight excluding hydrogens is 284 g/mol. The maximum atomic E-state index is 12.5. The molecule has 1 atom stereocenters. The maximum absolute atomic E-state index is 12.5. The zero-order valence-corrected chi connectivity index (χ0v) is 12.9. The molecule has 2 saturated heterocycles. The first-order chi connectivity index (χ1) is 10.6. The first-order valence-electron chi connectivity index (χ1n) is 7.80. The molecule has 2 amide bonds. The van der Waals surface area contributed by atoms with Crippen LogP contribution < -0.4 is 0 Å². The van der Waals surface area contributed by atoms with Crippen molar-refractivity contribution in [3.63, 3.8) is 0 Å². The lowest BCUT2D eigenvalue weighted by atomic mass is 10.2. The van der Waals surface area contributed by atoms with E-state index in [1.165, 1.54) is 6.33 Å². The van der Waals surface area contributed by atoms with Crippen molar-refractivity contribution in [1.82, 2.24) is 29.9 Å². The van der Waals surface area contributed by atoms with Gasteiger partial charge in [-0.05, 0) is 13.3 Å². The van der Waals surface area contributed by atoms with Gasteiger partial charge in [-0.25, -0.2) is 4.98 Å². The zero-order chi connectivity index (χ0) is 15.5. The van der Waals surface area contributed by atoms with Gasteiger partial charge < -0.3 is 9.80 Å². The Morgan fingerprint density at radius 2 is 2.09 bits per heavy atom. The Bertz CT molecular complexity index is 523. The van der Waals surface area contributed by atoms with E-state index < -0.39 is 0 Å². The highest BCUT2D eigenvalue weighted by Gasteiger charge is 2.33. The molecule has 0 saturated carbocycles. The molecule has 1 aromatic rings. The van der Waals surface area contributed by atoms with Gasteiger partial charge in [0.2, 0.25) is 11.8 Å². The lowest BCUT2D eigenvalue weighted by Gasteiger charge is -2.37. The zero-order valence-electron chi connectivity index (χ0n) is 12.9. The maximum Gasteiger partial charge on any atom is 0.245 e. The smallest absolute Gasteiger partial charge is 0.245 e. The molecule has 1 N–H and O–H groups in total. The molecule has 22 heavy (non-hydrogen) atoms. The molecule has 0 aromatic carbocycles. The van der Waals surface area contributed by atoms with Gasteiger partial charge in [-0.2, -0.15) is 5.10 Å². The molecule has 3 rings (SSSR count). The Labute approximate surface area is 129 Å². The van der Waals surface area contributed by atoms with E-state index >= 15 is 0 Å². The normalized spacial score (nSPS) is 21.4. The van der Waals surface area contributed by atoms with Crippen molar-refractivity contribution < 1.29 is 9.59 Å². The van der Waals surface area contributed by atoms with E-state index in [4.69, 9.17) is 0 Å².